The largest absolute Gasteiger partial charge is 0.485 e. The van der Waals surface area contributed by atoms with Crippen molar-refractivity contribution in [2.75, 3.05) is 20.3 Å². The van der Waals surface area contributed by atoms with Crippen LogP contribution in [0.1, 0.15) is 11.1 Å². The highest BCUT2D eigenvalue weighted by atomic mass is 19.1. The summed E-state index contributed by atoms with van der Waals surface area (Å²) < 4.78 is 66.7. The number of primary amides is 1. The van der Waals surface area contributed by atoms with Gasteiger partial charge in [0.25, 0.3) is 0 Å². The molecule has 2 aromatic rings. The van der Waals surface area contributed by atoms with Crippen LogP contribution in [0, 0.1) is 23.3 Å². The van der Waals surface area contributed by atoms with Crippen molar-refractivity contribution < 1.29 is 41.4 Å². The van der Waals surface area contributed by atoms with Crippen molar-refractivity contribution in [3.05, 3.63) is 69.9 Å². The van der Waals surface area contributed by atoms with Gasteiger partial charge in [0.15, 0.2) is 23.1 Å². The van der Waals surface area contributed by atoms with Crippen molar-refractivity contribution in [1.82, 2.24) is 5.32 Å². The first-order chi connectivity index (χ1) is 15.2. The highest BCUT2D eigenvalue weighted by Crippen LogP contribution is 2.30. The lowest BCUT2D eigenvalue weighted by atomic mass is 10.1. The summed E-state index contributed by atoms with van der Waals surface area (Å²) >= 11 is 0. The van der Waals surface area contributed by atoms with Crippen LogP contribution in [-0.2, 0) is 9.53 Å². The summed E-state index contributed by atoms with van der Waals surface area (Å²) in [4.78, 5) is 21.8. The van der Waals surface area contributed by atoms with Crippen LogP contribution in [0.2, 0.25) is 0 Å². The molecule has 0 bridgehead atoms. The fourth-order valence-electron chi connectivity index (χ4n) is 2.83. The summed E-state index contributed by atoms with van der Waals surface area (Å²) in [6.07, 6.45) is 2.09. The molecule has 2 heterocycles. The van der Waals surface area contributed by atoms with Gasteiger partial charge in [-0.25, -0.2) is 22.4 Å². The van der Waals surface area contributed by atoms with Gasteiger partial charge in [-0.1, -0.05) is 0 Å². The van der Waals surface area contributed by atoms with Crippen LogP contribution in [0.3, 0.4) is 0 Å². The van der Waals surface area contributed by atoms with Crippen LogP contribution in [0.4, 0.5) is 22.4 Å². The number of ether oxygens (including phenoxy) is 3. The zero-order valence-electron chi connectivity index (χ0n) is 16.5. The van der Waals surface area contributed by atoms with E-state index < -0.39 is 35.3 Å². The zero-order valence-corrected chi connectivity index (χ0v) is 16.5. The van der Waals surface area contributed by atoms with Crippen molar-refractivity contribution in [3.8, 4) is 11.5 Å². The number of hydrogen-bond donors (Lipinski definition) is 2. The Morgan fingerprint density at radius 3 is 1.97 bits per heavy atom. The third-order valence-corrected chi connectivity index (χ3v) is 4.24. The van der Waals surface area contributed by atoms with E-state index >= 15 is 0 Å². The van der Waals surface area contributed by atoms with Crippen LogP contribution in [0.25, 0.3) is 12.2 Å². The highest BCUT2D eigenvalue weighted by molar-refractivity contribution is 5.97. The first-order valence-electron chi connectivity index (χ1n) is 8.97. The molecular formula is C21H16F4N2O5. The van der Waals surface area contributed by atoms with Crippen molar-refractivity contribution in [1.29, 1.82) is 0 Å². The Bertz CT molecular complexity index is 1150. The molecule has 32 heavy (non-hydrogen) atoms. The molecule has 2 aliphatic heterocycles. The Morgan fingerprint density at radius 1 is 0.906 bits per heavy atom. The number of halogens is 4. The average Bonchev–Trinajstić information content (AvgIpc) is 2.73. The molecule has 0 aliphatic carbocycles. The molecule has 3 N–H and O–H groups in total. The predicted octanol–water partition coefficient (Wildman–Crippen LogP) is 3.28. The van der Waals surface area contributed by atoms with Gasteiger partial charge in [0, 0.05) is 23.3 Å². The number of carbonyl (C=O) groups is 2. The van der Waals surface area contributed by atoms with Gasteiger partial charge < -0.3 is 19.9 Å². The molecule has 0 saturated heterocycles. The topological polar surface area (TPSA) is 99.9 Å². The van der Waals surface area contributed by atoms with E-state index in [4.69, 9.17) is 15.2 Å². The van der Waals surface area contributed by atoms with Crippen LogP contribution < -0.4 is 20.5 Å². The molecule has 2 amide bonds. The van der Waals surface area contributed by atoms with Gasteiger partial charge in [-0.3, -0.25) is 10.1 Å². The van der Waals surface area contributed by atoms with E-state index in [2.05, 4.69) is 10.1 Å². The maximum absolute atomic E-state index is 13.3. The smallest absolute Gasteiger partial charge is 0.411 e. The number of alkyl carbamates (subject to hydrolysis) is 1. The quantitative estimate of drug-likeness (QED) is 0.682. The molecule has 4 rings (SSSR count). The maximum Gasteiger partial charge on any atom is 0.411 e. The summed E-state index contributed by atoms with van der Waals surface area (Å²) in [5.74, 6) is -3.73. The van der Waals surface area contributed by atoms with Gasteiger partial charge >= 0.3 is 6.09 Å². The van der Waals surface area contributed by atoms with Gasteiger partial charge in [-0.15, -0.1) is 0 Å². The minimum atomic E-state index is -0.787. The SMILES string of the molecule is COC(=O)NC1=Cc2cc(F)cc(F)c2OC1.NC(=O)C1=Cc2cc(F)cc(F)c2OC1. The maximum atomic E-state index is 13.3. The summed E-state index contributed by atoms with van der Waals surface area (Å²) in [5, 5.41) is 2.38. The Morgan fingerprint density at radius 2 is 1.44 bits per heavy atom. The average molecular weight is 452 g/mol. The molecule has 11 heteroatoms. The summed E-state index contributed by atoms with van der Waals surface area (Å²) in [5.41, 5.74) is 6.01. The first kappa shape index (κ1) is 22.7. The third-order valence-electron chi connectivity index (χ3n) is 4.24. The molecule has 0 aromatic heterocycles. The predicted molar refractivity (Wildman–Crippen MR) is 104 cm³/mol. The van der Waals surface area contributed by atoms with Gasteiger partial charge in [-0.05, 0) is 24.3 Å². The number of nitrogens with two attached hydrogens (primary N) is 1. The molecule has 0 atom stereocenters. The molecule has 7 nitrogen and oxygen atoms in total. The molecule has 168 valence electrons. The van der Waals surface area contributed by atoms with E-state index in [1.165, 1.54) is 19.3 Å². The minimum absolute atomic E-state index is 0.00927. The second-order valence-electron chi connectivity index (χ2n) is 6.51. The minimum Gasteiger partial charge on any atom is -0.485 e. The van der Waals surface area contributed by atoms with E-state index in [0.717, 1.165) is 24.3 Å². The number of nitrogens with one attached hydrogen (secondary N) is 1. The van der Waals surface area contributed by atoms with Crippen molar-refractivity contribution >= 4 is 24.2 Å². The van der Waals surface area contributed by atoms with Gasteiger partial charge in [0.2, 0.25) is 5.91 Å². The summed E-state index contributed by atoms with van der Waals surface area (Å²) in [6.45, 7) is -0.102. The molecular weight excluding hydrogens is 436 g/mol. The molecule has 2 aromatic carbocycles. The standard InChI is InChI=1S/C11H9F2NO3.C10H7F2NO2/c1-16-11(15)14-8-3-6-2-7(12)4-9(13)10(6)17-5-8;11-7-2-5-1-6(10(13)14)4-15-9(5)8(12)3-7/h2-4H,5H2,1H3,(H,14,15);1-3H,4H2,(H2,13,14). The number of rotatable bonds is 2. The number of methoxy groups -OCH3 is 1. The normalized spacial score (nSPS) is 13.5. The molecule has 0 radical (unpaired) electrons. The molecule has 0 saturated carbocycles. The number of carbonyl (C=O) groups excluding carboxylic acids is 2. The Balaban J connectivity index is 0.000000182. The Hall–Kier alpha value is -4.02. The van der Waals surface area contributed by atoms with Crippen LogP contribution in [0.15, 0.2) is 35.5 Å². The van der Waals surface area contributed by atoms with Crippen molar-refractivity contribution in [3.63, 3.8) is 0 Å². The number of hydrogen-bond acceptors (Lipinski definition) is 5. The molecule has 0 spiro atoms. The molecule has 0 unspecified atom stereocenters. The summed E-state index contributed by atoms with van der Waals surface area (Å²) in [6, 6.07) is 3.67. The molecule has 2 aliphatic rings. The third kappa shape index (κ3) is 5.17. The Labute approximate surface area is 179 Å². The van der Waals surface area contributed by atoms with Crippen molar-refractivity contribution in [2.24, 2.45) is 5.73 Å². The summed E-state index contributed by atoms with van der Waals surface area (Å²) in [7, 11) is 1.22. The van der Waals surface area contributed by atoms with Crippen LogP contribution in [0.5, 0.6) is 11.5 Å². The number of benzene rings is 2. The molecule has 0 fully saturated rings. The fraction of sp³-hybridized carbons (Fsp3) is 0.143. The van der Waals surface area contributed by atoms with E-state index in [1.807, 2.05) is 0 Å². The second kappa shape index (κ2) is 9.41. The van der Waals surface area contributed by atoms with Crippen molar-refractivity contribution in [2.45, 2.75) is 0 Å². The lowest BCUT2D eigenvalue weighted by Gasteiger charge is -2.18. The van der Waals surface area contributed by atoms with Gasteiger partial charge in [0.05, 0.1) is 18.4 Å². The monoisotopic (exact) mass is 452 g/mol. The van der Waals surface area contributed by atoms with Gasteiger partial charge in [0.1, 0.15) is 24.8 Å². The number of fused-ring (bicyclic) bond motifs is 2. The lowest BCUT2D eigenvalue weighted by molar-refractivity contribution is -0.114. The second-order valence-corrected chi connectivity index (χ2v) is 6.51. The van der Waals surface area contributed by atoms with Crippen LogP contribution in [-0.4, -0.2) is 32.3 Å². The van der Waals surface area contributed by atoms with Gasteiger partial charge in [-0.2, -0.15) is 0 Å². The zero-order chi connectivity index (χ0) is 23.4. The van der Waals surface area contributed by atoms with E-state index in [-0.39, 0.29) is 41.4 Å². The number of amides is 2. The van der Waals surface area contributed by atoms with E-state index in [1.54, 1.807) is 0 Å². The Kier molecular flexibility index (Phi) is 6.67. The lowest BCUT2D eigenvalue weighted by Crippen LogP contribution is -2.27. The van der Waals surface area contributed by atoms with E-state index in [9.17, 15) is 27.2 Å². The first-order valence-corrected chi connectivity index (χ1v) is 8.97. The fourth-order valence-corrected chi connectivity index (χ4v) is 2.83. The van der Waals surface area contributed by atoms with E-state index in [0.29, 0.717) is 5.70 Å². The van der Waals surface area contributed by atoms with Crippen LogP contribution >= 0.6 is 0 Å². The highest BCUT2D eigenvalue weighted by Gasteiger charge is 2.20.